The second-order valence-electron chi connectivity index (χ2n) is 6.76. The molecule has 156 valence electrons. The van der Waals surface area contributed by atoms with E-state index in [4.69, 9.17) is 4.74 Å². The lowest BCUT2D eigenvalue weighted by molar-refractivity contribution is -0.130. The summed E-state index contributed by atoms with van der Waals surface area (Å²) in [6.07, 6.45) is 3.49. The van der Waals surface area contributed by atoms with Gasteiger partial charge in [-0.15, -0.1) is 0 Å². The minimum absolute atomic E-state index is 0.116. The van der Waals surface area contributed by atoms with Crippen LogP contribution in [0.25, 0.3) is 0 Å². The zero-order chi connectivity index (χ0) is 20.9. The van der Waals surface area contributed by atoms with E-state index < -0.39 is 6.04 Å². The second-order valence-corrected chi connectivity index (χ2v) is 7.75. The number of amides is 2. The average molecular weight is 415 g/mol. The van der Waals surface area contributed by atoms with Gasteiger partial charge >= 0.3 is 0 Å². The first kappa shape index (κ1) is 22.8. The zero-order valence-corrected chi connectivity index (χ0v) is 17.9. The summed E-state index contributed by atoms with van der Waals surface area (Å²) in [6, 6.07) is 18.7. The Labute approximate surface area is 177 Å². The van der Waals surface area contributed by atoms with Crippen LogP contribution in [0.4, 0.5) is 0 Å². The molecule has 0 saturated carbocycles. The molecule has 0 aromatic heterocycles. The van der Waals surface area contributed by atoms with Crippen LogP contribution in [0.5, 0.6) is 5.75 Å². The van der Waals surface area contributed by atoms with Crippen LogP contribution in [0.2, 0.25) is 0 Å². The number of carbonyl (C=O) groups is 2. The molecule has 0 bridgehead atoms. The quantitative estimate of drug-likeness (QED) is 0.557. The third kappa shape index (κ3) is 8.20. The predicted molar refractivity (Wildman–Crippen MR) is 119 cm³/mol. The molecule has 0 saturated heterocycles. The summed E-state index contributed by atoms with van der Waals surface area (Å²) >= 11 is 1.65. The fraction of sp³-hybridized carbons (Fsp3) is 0.391. The second kappa shape index (κ2) is 12.9. The number of para-hydroxylation sites is 1. The normalized spacial score (nSPS) is 12.6. The molecule has 2 aromatic carbocycles. The van der Waals surface area contributed by atoms with Crippen LogP contribution in [0, 0.1) is 0 Å². The van der Waals surface area contributed by atoms with Crippen LogP contribution in [-0.2, 0) is 9.59 Å². The number of nitrogens with one attached hydrogen (secondary N) is 2. The summed E-state index contributed by atoms with van der Waals surface area (Å²) in [7, 11) is 0. The van der Waals surface area contributed by atoms with Crippen molar-refractivity contribution in [3.63, 3.8) is 0 Å². The highest BCUT2D eigenvalue weighted by Gasteiger charge is 2.21. The molecule has 2 unspecified atom stereocenters. The summed E-state index contributed by atoms with van der Waals surface area (Å²) in [6.45, 7) is 2.54. The molecule has 2 N–H and O–H groups in total. The summed E-state index contributed by atoms with van der Waals surface area (Å²) in [5, 5.41) is 5.83. The Kier molecular flexibility index (Phi) is 10.1. The number of benzene rings is 2. The van der Waals surface area contributed by atoms with Crippen LogP contribution >= 0.6 is 11.8 Å². The molecular formula is C23H30N2O3S. The van der Waals surface area contributed by atoms with Crippen molar-refractivity contribution in [3.05, 3.63) is 66.2 Å². The van der Waals surface area contributed by atoms with Crippen molar-refractivity contribution in [2.75, 3.05) is 25.2 Å². The monoisotopic (exact) mass is 414 g/mol. The van der Waals surface area contributed by atoms with Gasteiger partial charge in [0.25, 0.3) is 5.91 Å². The highest BCUT2D eigenvalue weighted by atomic mass is 32.2. The molecule has 0 fully saturated rings. The van der Waals surface area contributed by atoms with Crippen LogP contribution < -0.4 is 15.4 Å². The van der Waals surface area contributed by atoms with E-state index in [2.05, 4.69) is 29.7 Å². The maximum absolute atomic E-state index is 12.7. The molecule has 2 aromatic rings. The third-order valence-corrected chi connectivity index (χ3v) is 5.31. The Morgan fingerprint density at radius 1 is 1.03 bits per heavy atom. The van der Waals surface area contributed by atoms with Gasteiger partial charge in [-0.1, -0.05) is 55.5 Å². The lowest BCUT2D eigenvalue weighted by Gasteiger charge is -2.21. The van der Waals surface area contributed by atoms with Gasteiger partial charge in [-0.2, -0.15) is 11.8 Å². The van der Waals surface area contributed by atoms with E-state index in [9.17, 15) is 9.59 Å². The zero-order valence-electron chi connectivity index (χ0n) is 17.1. The van der Waals surface area contributed by atoms with Crippen molar-refractivity contribution in [1.82, 2.24) is 10.6 Å². The molecule has 0 radical (unpaired) electrons. The van der Waals surface area contributed by atoms with Gasteiger partial charge in [0, 0.05) is 12.5 Å². The minimum atomic E-state index is -0.567. The van der Waals surface area contributed by atoms with E-state index in [1.54, 1.807) is 23.9 Å². The Balaban J connectivity index is 1.88. The van der Waals surface area contributed by atoms with Gasteiger partial charge in [0.15, 0.2) is 6.61 Å². The van der Waals surface area contributed by atoms with Gasteiger partial charge in [0.05, 0.1) is 0 Å². The summed E-state index contributed by atoms with van der Waals surface area (Å²) in [5.74, 6) is 1.21. The van der Waals surface area contributed by atoms with Crippen molar-refractivity contribution in [2.24, 2.45) is 0 Å². The number of rotatable bonds is 12. The van der Waals surface area contributed by atoms with Crippen LogP contribution in [0.15, 0.2) is 60.7 Å². The molecule has 2 atom stereocenters. The summed E-state index contributed by atoms with van der Waals surface area (Å²) in [5.41, 5.74) is 1.20. The molecule has 2 amide bonds. The number of hydrogen-bond donors (Lipinski definition) is 2. The van der Waals surface area contributed by atoms with Gasteiger partial charge < -0.3 is 15.4 Å². The van der Waals surface area contributed by atoms with Crippen LogP contribution in [0.1, 0.15) is 31.2 Å². The molecular weight excluding hydrogens is 384 g/mol. The number of thioether (sulfide) groups is 1. The Hall–Kier alpha value is -2.47. The largest absolute Gasteiger partial charge is 0.484 e. The highest BCUT2D eigenvalue weighted by molar-refractivity contribution is 7.98. The highest BCUT2D eigenvalue weighted by Crippen LogP contribution is 2.18. The van der Waals surface area contributed by atoms with E-state index in [0.717, 1.165) is 12.2 Å². The Morgan fingerprint density at radius 3 is 2.31 bits per heavy atom. The van der Waals surface area contributed by atoms with Crippen molar-refractivity contribution >= 4 is 23.6 Å². The topological polar surface area (TPSA) is 67.4 Å². The fourth-order valence-corrected chi connectivity index (χ4v) is 3.45. The van der Waals surface area contributed by atoms with E-state index in [0.29, 0.717) is 18.7 Å². The van der Waals surface area contributed by atoms with E-state index in [-0.39, 0.29) is 24.3 Å². The minimum Gasteiger partial charge on any atom is -0.484 e. The van der Waals surface area contributed by atoms with E-state index in [1.165, 1.54) is 5.56 Å². The van der Waals surface area contributed by atoms with Gasteiger partial charge in [-0.25, -0.2) is 0 Å². The molecule has 29 heavy (non-hydrogen) atoms. The molecule has 0 heterocycles. The maximum Gasteiger partial charge on any atom is 0.258 e. The number of ether oxygens (including phenoxy) is 1. The standard InChI is InChI=1S/C23H30N2O3S/c1-3-18(19-10-6-4-7-11-19)16-24-23(27)21(14-15-29-2)25-22(26)17-28-20-12-8-5-9-13-20/h4-13,18,21H,3,14-17H2,1-2H3,(H,24,27)(H,25,26). The van der Waals surface area contributed by atoms with Gasteiger partial charge in [-0.3, -0.25) is 9.59 Å². The molecule has 0 aliphatic heterocycles. The summed E-state index contributed by atoms with van der Waals surface area (Å²) < 4.78 is 5.48. The van der Waals surface area contributed by atoms with Crippen LogP contribution in [-0.4, -0.2) is 43.0 Å². The molecule has 5 nitrogen and oxygen atoms in total. The molecule has 0 aliphatic rings. The van der Waals surface area contributed by atoms with Crippen molar-refractivity contribution in [2.45, 2.75) is 31.7 Å². The fourth-order valence-electron chi connectivity index (χ4n) is 2.98. The van der Waals surface area contributed by atoms with Crippen molar-refractivity contribution < 1.29 is 14.3 Å². The first-order valence-electron chi connectivity index (χ1n) is 9.92. The average Bonchev–Trinajstić information content (AvgIpc) is 2.77. The molecule has 6 heteroatoms. The van der Waals surface area contributed by atoms with E-state index in [1.807, 2.05) is 42.7 Å². The van der Waals surface area contributed by atoms with Gasteiger partial charge in [-0.05, 0) is 42.5 Å². The molecule has 0 aliphatic carbocycles. The van der Waals surface area contributed by atoms with Crippen molar-refractivity contribution in [3.8, 4) is 5.75 Å². The number of carbonyl (C=O) groups excluding carboxylic acids is 2. The lowest BCUT2D eigenvalue weighted by Crippen LogP contribution is -2.49. The van der Waals surface area contributed by atoms with Gasteiger partial charge in [0.1, 0.15) is 11.8 Å². The smallest absolute Gasteiger partial charge is 0.258 e. The Morgan fingerprint density at radius 2 is 1.69 bits per heavy atom. The SMILES string of the molecule is CCC(CNC(=O)C(CCSC)NC(=O)COc1ccccc1)c1ccccc1. The molecule has 2 rings (SSSR count). The number of hydrogen-bond acceptors (Lipinski definition) is 4. The third-order valence-electron chi connectivity index (χ3n) is 4.66. The lowest BCUT2D eigenvalue weighted by atomic mass is 9.96. The predicted octanol–water partition coefficient (Wildman–Crippen LogP) is 3.61. The summed E-state index contributed by atoms with van der Waals surface area (Å²) in [4.78, 5) is 25.0. The van der Waals surface area contributed by atoms with Crippen molar-refractivity contribution in [1.29, 1.82) is 0 Å². The van der Waals surface area contributed by atoms with E-state index >= 15 is 0 Å². The first-order chi connectivity index (χ1) is 14.1. The molecule has 0 spiro atoms. The van der Waals surface area contributed by atoms with Gasteiger partial charge in [0.2, 0.25) is 5.91 Å². The Bertz CT molecular complexity index is 740. The first-order valence-corrected chi connectivity index (χ1v) is 11.3. The maximum atomic E-state index is 12.7. The van der Waals surface area contributed by atoms with Crippen LogP contribution in [0.3, 0.4) is 0 Å².